The second kappa shape index (κ2) is 15.4. The van der Waals surface area contributed by atoms with Gasteiger partial charge in [0.05, 0.1) is 29.0 Å². The number of rotatable bonds is 10. The third kappa shape index (κ3) is 7.48. The van der Waals surface area contributed by atoms with Crippen molar-refractivity contribution in [1.29, 1.82) is 0 Å². The normalized spacial score (nSPS) is 37.0. The van der Waals surface area contributed by atoms with Gasteiger partial charge in [0.2, 0.25) is 11.8 Å². The molecule has 2 heterocycles. The molecular formula is C57H74Cl2N2O6. The smallest absolute Gasteiger partial charge is 0.312 e. The number of carboxylic acid groups (broad SMARTS) is 1. The lowest BCUT2D eigenvalue weighted by Crippen LogP contribution is -2.77. The minimum Gasteiger partial charge on any atom is -0.481 e. The summed E-state index contributed by atoms with van der Waals surface area (Å²) in [4.78, 5) is 54.5. The Balaban J connectivity index is 0.000000168. The lowest BCUT2D eigenvalue weighted by Gasteiger charge is -2.71. The third-order valence-corrected chi connectivity index (χ3v) is 19.2. The zero-order chi connectivity index (χ0) is 49.0. The average molecular weight is 954 g/mol. The van der Waals surface area contributed by atoms with Gasteiger partial charge >= 0.3 is 11.9 Å². The molecule has 12 rings (SSSR count). The number of hydrogen-bond donors (Lipinski definition) is 1. The lowest BCUT2D eigenvalue weighted by atomic mass is 9.38. The molecule has 2 aromatic carbocycles. The highest BCUT2D eigenvalue weighted by Gasteiger charge is 2.76. The molecule has 8 nitrogen and oxygen atoms in total. The highest BCUT2D eigenvalue weighted by atomic mass is 35.5. The first-order valence-electron chi connectivity index (χ1n) is 25.0. The Morgan fingerprint density at radius 3 is 1.30 bits per heavy atom. The number of carbonyl (C=O) groups excluding carboxylic acids is 3. The molecule has 362 valence electrons. The second-order valence-corrected chi connectivity index (χ2v) is 26.8. The van der Waals surface area contributed by atoms with E-state index in [1.807, 2.05) is 9.80 Å². The molecule has 0 aromatic heterocycles. The van der Waals surface area contributed by atoms with Crippen LogP contribution in [0.5, 0.6) is 0 Å². The largest absolute Gasteiger partial charge is 0.481 e. The molecule has 6 atom stereocenters. The van der Waals surface area contributed by atoms with Crippen LogP contribution in [0, 0.1) is 45.3 Å². The van der Waals surface area contributed by atoms with Crippen LogP contribution in [0.3, 0.4) is 0 Å². The summed E-state index contributed by atoms with van der Waals surface area (Å²) >= 11 is 13.7. The van der Waals surface area contributed by atoms with E-state index in [9.17, 15) is 24.3 Å². The number of methoxy groups -OCH3 is 1. The van der Waals surface area contributed by atoms with E-state index in [-0.39, 0.29) is 56.9 Å². The van der Waals surface area contributed by atoms with Crippen molar-refractivity contribution in [1.82, 2.24) is 9.80 Å². The molecule has 8 saturated carbocycles. The molecule has 1 N–H and O–H groups in total. The third-order valence-electron chi connectivity index (χ3n) is 18.6. The van der Waals surface area contributed by atoms with Crippen LogP contribution in [0.25, 0.3) is 0 Å². The zero-order valence-corrected chi connectivity index (χ0v) is 43.8. The van der Waals surface area contributed by atoms with Gasteiger partial charge in [0.1, 0.15) is 0 Å². The van der Waals surface area contributed by atoms with Gasteiger partial charge in [-0.3, -0.25) is 19.2 Å². The van der Waals surface area contributed by atoms with E-state index in [2.05, 4.69) is 132 Å². The molecule has 4 bridgehead atoms. The summed E-state index contributed by atoms with van der Waals surface area (Å²) in [5.41, 5.74) is 5.49. The summed E-state index contributed by atoms with van der Waals surface area (Å²) in [5.74, 6) is 2.32. The maximum atomic E-state index is 13.5. The number of hydrogen-bond acceptors (Lipinski definition) is 5. The lowest BCUT2D eigenvalue weighted by molar-refractivity contribution is -0.226. The average Bonchev–Trinajstić information content (AvgIpc) is 4.08. The Bertz CT molecular complexity index is 2480. The Labute approximate surface area is 409 Å². The van der Waals surface area contributed by atoms with E-state index in [4.69, 9.17) is 27.9 Å². The van der Waals surface area contributed by atoms with Crippen LogP contribution in [0.1, 0.15) is 181 Å². The predicted molar refractivity (Wildman–Crippen MR) is 265 cm³/mol. The van der Waals surface area contributed by atoms with E-state index < -0.39 is 16.8 Å². The molecule has 8 fully saturated rings. The maximum absolute atomic E-state index is 13.5. The molecule has 0 radical (unpaired) electrons. The maximum Gasteiger partial charge on any atom is 0.312 e. The number of benzene rings is 2. The summed E-state index contributed by atoms with van der Waals surface area (Å²) < 4.78 is 5.00. The number of esters is 1. The highest BCUT2D eigenvalue weighted by molar-refractivity contribution is 6.32. The van der Waals surface area contributed by atoms with Crippen molar-refractivity contribution in [2.24, 2.45) is 45.3 Å². The number of carboxylic acids is 1. The van der Waals surface area contributed by atoms with Crippen molar-refractivity contribution in [3.8, 4) is 0 Å². The molecule has 67 heavy (non-hydrogen) atoms. The minimum atomic E-state index is -0.717. The number of amides is 2. The van der Waals surface area contributed by atoms with Gasteiger partial charge in [0, 0.05) is 46.1 Å². The van der Waals surface area contributed by atoms with E-state index in [1.165, 1.54) is 42.2 Å². The van der Waals surface area contributed by atoms with Crippen molar-refractivity contribution in [2.45, 2.75) is 181 Å². The Morgan fingerprint density at radius 1 is 0.657 bits per heavy atom. The van der Waals surface area contributed by atoms with Gasteiger partial charge in [-0.25, -0.2) is 0 Å². The Hall–Kier alpha value is -3.62. The standard InChI is InChI=1S/C29H38ClNO3.C28H36ClNO3/c1-17(2)22-13-31(29-14-28(15-29,16-29)25(33)34-7)24(32)12-27(22,6)18-8-9-19(23(30)10-18)20-11-21(20)26(3,4)5;1-16(2)21-12-30(28-13-27(14-28,15-28)24(32)33)23(31)11-26(21,6)17-7-8-18(22(29)9-17)19-10-20(19)25(3,4)5/h8-10,13,17,20-21H,11-12,14-16H2,1-7H3;7-9,12,16,19-20H,10-11,13-15H2,1-6H3,(H,32,33)/t20-,21+,27-,28?,29?;19-,20+,26-,27?,28?/m00/s1. The molecular weight excluding hydrogens is 880 g/mol. The Kier molecular flexibility index (Phi) is 11.2. The van der Waals surface area contributed by atoms with Gasteiger partial charge in [0.25, 0.3) is 0 Å². The summed E-state index contributed by atoms with van der Waals surface area (Å²) in [6.45, 7) is 26.9. The van der Waals surface area contributed by atoms with Crippen LogP contribution in [0.4, 0.5) is 0 Å². The SMILES string of the molecule is CC(C)C1=CN(C23CC(C(=O)O)(C2)C3)C(=O)C[C@@]1(C)c1ccc([C@@H]2C[C@H]2C(C)(C)C)c(Cl)c1.COC(=O)C12CC(N3C=C(C(C)C)[C@](C)(c4ccc([C@@H]5C[C@H]5C(C)(C)C)c(Cl)c4)CC3=O)(C1)C2. The number of halogens is 2. The van der Waals surface area contributed by atoms with Crippen molar-refractivity contribution >= 4 is 47.0 Å². The van der Waals surface area contributed by atoms with E-state index >= 15 is 0 Å². The fourth-order valence-corrected chi connectivity index (χ4v) is 15.2. The van der Waals surface area contributed by atoms with Crippen LogP contribution < -0.4 is 0 Å². The molecule has 2 amide bonds. The van der Waals surface area contributed by atoms with Gasteiger partial charge in [-0.05, 0) is 143 Å². The zero-order valence-electron chi connectivity index (χ0n) is 42.3. The molecule has 10 aliphatic rings. The first kappa shape index (κ1) is 48.4. The number of nitrogens with zero attached hydrogens (tertiary/aromatic N) is 2. The van der Waals surface area contributed by atoms with Crippen LogP contribution in [0.15, 0.2) is 59.9 Å². The summed E-state index contributed by atoms with van der Waals surface area (Å²) in [7, 11) is 1.45. The number of ether oxygens (including phenoxy) is 1. The minimum absolute atomic E-state index is 0.0933. The predicted octanol–water partition coefficient (Wildman–Crippen LogP) is 13.1. The fraction of sp³-hybridized carbons (Fsp3) is 0.649. The van der Waals surface area contributed by atoms with Crippen LogP contribution in [-0.4, -0.2) is 56.8 Å². The van der Waals surface area contributed by atoms with Gasteiger partial charge in [0.15, 0.2) is 0 Å². The van der Waals surface area contributed by atoms with Gasteiger partial charge in [-0.1, -0.05) is 131 Å². The Morgan fingerprint density at radius 2 is 1.01 bits per heavy atom. The van der Waals surface area contributed by atoms with Crippen molar-refractivity contribution in [2.75, 3.05) is 7.11 Å². The molecule has 0 saturated heterocycles. The van der Waals surface area contributed by atoms with Crippen molar-refractivity contribution in [3.63, 3.8) is 0 Å². The second-order valence-electron chi connectivity index (χ2n) is 26.0. The summed E-state index contributed by atoms with van der Waals surface area (Å²) in [5, 5.41) is 11.1. The molecule has 2 aromatic rings. The van der Waals surface area contributed by atoms with Gasteiger partial charge < -0.3 is 19.6 Å². The molecule has 10 heteroatoms. The van der Waals surface area contributed by atoms with Crippen LogP contribution in [-0.2, 0) is 34.7 Å². The fourth-order valence-electron chi connectivity index (χ4n) is 14.6. The summed E-state index contributed by atoms with van der Waals surface area (Å²) in [6, 6.07) is 13.0. The molecule has 8 aliphatic carbocycles. The van der Waals surface area contributed by atoms with Crippen LogP contribution >= 0.6 is 23.2 Å². The number of carbonyl (C=O) groups is 4. The topological polar surface area (TPSA) is 104 Å². The highest BCUT2D eigenvalue weighted by Crippen LogP contribution is 2.72. The van der Waals surface area contributed by atoms with Gasteiger partial charge in [-0.2, -0.15) is 0 Å². The monoisotopic (exact) mass is 952 g/mol. The first-order valence-corrected chi connectivity index (χ1v) is 25.7. The van der Waals surface area contributed by atoms with E-state index in [0.29, 0.717) is 80.5 Å². The van der Waals surface area contributed by atoms with E-state index in [0.717, 1.165) is 21.2 Å². The quantitative estimate of drug-likeness (QED) is 0.238. The molecule has 0 unspecified atom stereocenters. The van der Waals surface area contributed by atoms with Crippen LogP contribution in [0.2, 0.25) is 10.0 Å². The van der Waals surface area contributed by atoms with Crippen molar-refractivity contribution < 1.29 is 29.0 Å². The van der Waals surface area contributed by atoms with Crippen molar-refractivity contribution in [3.05, 3.63) is 92.2 Å². The van der Waals surface area contributed by atoms with E-state index in [1.54, 1.807) is 0 Å². The molecule has 0 spiro atoms. The first-order chi connectivity index (χ1) is 31.0. The number of aliphatic carboxylic acids is 1. The molecule has 2 aliphatic heterocycles. The van der Waals surface area contributed by atoms with Gasteiger partial charge in [-0.15, -0.1) is 0 Å². The summed E-state index contributed by atoms with van der Waals surface area (Å²) in [6.07, 6.45) is 11.2. The number of allylic oxidation sites excluding steroid dienone is 2.